The summed E-state index contributed by atoms with van der Waals surface area (Å²) in [5, 5.41) is 0. The van der Waals surface area contributed by atoms with Crippen molar-refractivity contribution in [2.24, 2.45) is 0 Å². The monoisotopic (exact) mass is 219 g/mol. The van der Waals surface area contributed by atoms with Gasteiger partial charge in [0.05, 0.1) is 0 Å². The first-order chi connectivity index (χ1) is 2.91. The van der Waals surface area contributed by atoms with Crippen molar-refractivity contribution in [1.29, 1.82) is 0 Å². The maximum atomic E-state index is 2.24. The molecule has 0 N–H and O–H groups in total. The first kappa shape index (κ1) is 7.09. The molecular weight excluding hydrogens is 207 g/mol. The predicted molar refractivity (Wildman–Crippen MR) is 33.8 cm³/mol. The number of hydrogen-bond acceptors (Lipinski definition) is 0. The van der Waals surface area contributed by atoms with Gasteiger partial charge in [0.15, 0.2) is 0 Å². The van der Waals surface area contributed by atoms with E-state index in [4.69, 9.17) is 0 Å². The molecule has 0 saturated heterocycles. The van der Waals surface area contributed by atoms with Gasteiger partial charge in [-0.25, -0.2) is 0 Å². The third-order valence-corrected chi connectivity index (χ3v) is 2.94. The Morgan fingerprint density at radius 3 is 2.50 bits per heavy atom. The molecule has 1 unspecified atom stereocenters. The van der Waals surface area contributed by atoms with E-state index in [9.17, 15) is 0 Å². The molecule has 0 spiro atoms. The second-order valence-electron chi connectivity index (χ2n) is 1.25. The van der Waals surface area contributed by atoms with Crippen LogP contribution in [0.3, 0.4) is 0 Å². The Kier molecular flexibility index (Phi) is 7.20. The minimum absolute atomic E-state index is 1.17. The average Bonchev–Trinajstić information content (AvgIpc) is 1.61. The summed E-state index contributed by atoms with van der Waals surface area (Å²) >= 11 is 2.20. The quantitative estimate of drug-likeness (QED) is 0.382. The first-order valence-corrected chi connectivity index (χ1v) is 6.88. The van der Waals surface area contributed by atoms with Crippen LogP contribution in [0, 0.1) is 0 Å². The molecule has 0 bridgehead atoms. The molecule has 0 aliphatic carbocycles. The van der Waals surface area contributed by atoms with Gasteiger partial charge in [0, 0.05) is 0 Å². The molecule has 1 atom stereocenters. The second-order valence-corrected chi connectivity index (χ2v) is 4.51. The first-order valence-electron chi connectivity index (χ1n) is 2.26. The van der Waals surface area contributed by atoms with Crippen molar-refractivity contribution in [3.8, 4) is 0 Å². The molecule has 0 aromatic heterocycles. The predicted octanol–water partition coefficient (Wildman–Crippen LogP) is 1.55. The van der Waals surface area contributed by atoms with Crippen LogP contribution in [-0.4, -0.2) is 27.4 Å². The van der Waals surface area contributed by atoms with E-state index in [-0.39, 0.29) is 0 Å². The molecule has 0 fully saturated rings. The van der Waals surface area contributed by atoms with Crippen molar-refractivity contribution in [2.75, 3.05) is 6.16 Å². The normalized spacial score (nSPS) is 9.50. The van der Waals surface area contributed by atoms with E-state index in [1.54, 1.807) is 0 Å². The standard InChI is InChI=1S/C4H9PTe/c1-2-3-4-5-6/h2-4H2,1H3/p+1. The van der Waals surface area contributed by atoms with Crippen LogP contribution in [0.1, 0.15) is 19.8 Å². The molecule has 36 valence electrons. The van der Waals surface area contributed by atoms with Crippen LogP contribution < -0.4 is 0 Å². The third kappa shape index (κ3) is 5.09. The molecule has 0 aromatic rings. The Bertz CT molecular complexity index is 36.5. The van der Waals surface area contributed by atoms with Gasteiger partial charge < -0.3 is 0 Å². The number of hydrogen-bond donors (Lipinski definition) is 0. The van der Waals surface area contributed by atoms with Crippen molar-refractivity contribution in [1.82, 2.24) is 0 Å². The van der Waals surface area contributed by atoms with Gasteiger partial charge in [0.1, 0.15) is 0 Å². The Morgan fingerprint density at radius 2 is 2.33 bits per heavy atom. The van der Waals surface area contributed by atoms with E-state index in [0.717, 1.165) is 0 Å². The molecule has 0 amide bonds. The van der Waals surface area contributed by atoms with Crippen LogP contribution in [-0.2, 0) is 0 Å². The molecule has 0 nitrogen and oxygen atoms in total. The molecule has 0 rings (SSSR count). The van der Waals surface area contributed by atoms with Gasteiger partial charge in [-0.1, -0.05) is 0 Å². The van der Waals surface area contributed by atoms with E-state index in [0.29, 0.717) is 0 Å². The molecule has 0 radical (unpaired) electrons. The summed E-state index contributed by atoms with van der Waals surface area (Å²) in [6.45, 7) is 2.24. The minimum atomic E-state index is 1.17. The fraction of sp³-hybridized carbons (Fsp3) is 1.00. The summed E-state index contributed by atoms with van der Waals surface area (Å²) in [7, 11) is 0. The topological polar surface area (TPSA) is 0 Å². The summed E-state index contributed by atoms with van der Waals surface area (Å²) in [6, 6.07) is 0. The van der Waals surface area contributed by atoms with E-state index in [1.165, 1.54) is 24.8 Å². The fourth-order valence-electron chi connectivity index (χ4n) is 0.249. The summed E-state index contributed by atoms with van der Waals surface area (Å²) in [6.07, 6.45) is 4.24. The van der Waals surface area contributed by atoms with E-state index in [2.05, 4.69) is 28.2 Å². The molecule has 0 aromatic carbocycles. The molecule has 6 heavy (non-hydrogen) atoms. The zero-order valence-electron chi connectivity index (χ0n) is 4.03. The molecule has 0 saturated carbocycles. The molecule has 0 aliphatic rings. The van der Waals surface area contributed by atoms with Gasteiger partial charge in [0.25, 0.3) is 0 Å². The fourth-order valence-corrected chi connectivity index (χ4v) is 1.98. The van der Waals surface area contributed by atoms with Crippen molar-refractivity contribution < 1.29 is 0 Å². The van der Waals surface area contributed by atoms with E-state index >= 15 is 0 Å². The molecule has 0 aliphatic heterocycles. The van der Waals surface area contributed by atoms with Crippen molar-refractivity contribution in [2.45, 2.75) is 19.8 Å². The molecule has 0 heterocycles. The van der Waals surface area contributed by atoms with Gasteiger partial charge in [-0.2, -0.15) is 0 Å². The molecule has 2 heteroatoms. The third-order valence-electron chi connectivity index (χ3n) is 0.632. The van der Waals surface area contributed by atoms with Crippen molar-refractivity contribution in [3.63, 3.8) is 0 Å². The van der Waals surface area contributed by atoms with Gasteiger partial charge in [-0.3, -0.25) is 0 Å². The summed E-state index contributed by atoms with van der Waals surface area (Å²) in [4.78, 5) is 0. The van der Waals surface area contributed by atoms with Crippen LogP contribution >= 0.6 is 5.81 Å². The van der Waals surface area contributed by atoms with Crippen LogP contribution in [0.25, 0.3) is 0 Å². The number of rotatable bonds is 3. The van der Waals surface area contributed by atoms with E-state index in [1.807, 2.05) is 0 Å². The number of unbranched alkanes of at least 4 members (excludes halogenated alkanes) is 1. The maximum absolute atomic E-state index is 2.24. The second kappa shape index (κ2) is 6.09. The summed E-state index contributed by atoms with van der Waals surface area (Å²) in [5.41, 5.74) is 0. The van der Waals surface area contributed by atoms with Crippen LogP contribution in [0.5, 0.6) is 0 Å². The Labute approximate surface area is 53.1 Å². The van der Waals surface area contributed by atoms with Gasteiger partial charge in [0.2, 0.25) is 0 Å². The van der Waals surface area contributed by atoms with Gasteiger partial charge in [-0.05, 0) is 0 Å². The summed E-state index contributed by atoms with van der Waals surface area (Å²) in [5.74, 6) is 1.17. The zero-order valence-corrected chi connectivity index (χ0v) is 7.36. The van der Waals surface area contributed by atoms with E-state index < -0.39 is 0 Å². The average molecular weight is 217 g/mol. The van der Waals surface area contributed by atoms with Crippen molar-refractivity contribution in [3.05, 3.63) is 0 Å². The molecular formula is C4H10PTe+. The Balaban J connectivity index is 2.49. The Hall–Kier alpha value is 1.09. The van der Waals surface area contributed by atoms with Gasteiger partial charge in [-0.15, -0.1) is 0 Å². The van der Waals surface area contributed by atoms with Crippen LogP contribution in [0.4, 0.5) is 0 Å². The zero-order chi connectivity index (χ0) is 4.83. The summed E-state index contributed by atoms with van der Waals surface area (Å²) < 4.78 is 0. The van der Waals surface area contributed by atoms with Gasteiger partial charge >= 0.3 is 53.0 Å². The van der Waals surface area contributed by atoms with Crippen LogP contribution in [0.2, 0.25) is 0 Å². The van der Waals surface area contributed by atoms with Crippen molar-refractivity contribution >= 4 is 27.0 Å². The SMILES string of the molecule is CCCC[PH+]=[Te]. The van der Waals surface area contributed by atoms with Crippen LogP contribution in [0.15, 0.2) is 0 Å². The Morgan fingerprint density at radius 1 is 1.67 bits per heavy atom.